The molecule has 0 radical (unpaired) electrons. The molecule has 3 aromatic rings. The van der Waals surface area contributed by atoms with E-state index in [1.807, 2.05) is 12.1 Å². The summed E-state index contributed by atoms with van der Waals surface area (Å²) in [7, 11) is 0. The number of hydrazine groups is 1. The summed E-state index contributed by atoms with van der Waals surface area (Å²) in [5.74, 6) is 5.82. The molecule has 3 rings (SSSR count). The second-order valence-corrected chi connectivity index (χ2v) is 3.83. The van der Waals surface area contributed by atoms with Gasteiger partial charge >= 0.3 is 0 Å². The third kappa shape index (κ3) is 1.66. The first-order valence-corrected chi connectivity index (χ1v) is 5.45. The molecule has 0 bridgehead atoms. The van der Waals surface area contributed by atoms with Gasteiger partial charge in [0, 0.05) is 6.20 Å². The van der Waals surface area contributed by atoms with Crippen LogP contribution in [0, 0.1) is 0 Å². The average Bonchev–Trinajstić information content (AvgIpc) is 2.82. The number of hydrogen-bond donors (Lipinski definition) is 2. The molecule has 0 unspecified atom stereocenters. The summed E-state index contributed by atoms with van der Waals surface area (Å²) in [5.41, 5.74) is 3.82. The lowest BCUT2D eigenvalue weighted by Crippen LogP contribution is -2.09. The van der Waals surface area contributed by atoms with Crippen molar-refractivity contribution >= 4 is 28.5 Å². The first-order chi connectivity index (χ1) is 8.79. The van der Waals surface area contributed by atoms with E-state index in [0.29, 0.717) is 16.9 Å². The minimum atomic E-state index is 0.0982. The monoisotopic (exact) mass is 261 g/mol. The largest absolute Gasteiger partial charge is 0.308 e. The minimum absolute atomic E-state index is 0.0982. The Morgan fingerprint density at radius 3 is 2.89 bits per heavy atom. The van der Waals surface area contributed by atoms with E-state index in [0.717, 1.165) is 5.69 Å². The highest BCUT2D eigenvalue weighted by Crippen LogP contribution is 2.22. The Labute approximate surface area is 107 Å². The zero-order valence-corrected chi connectivity index (χ0v) is 9.83. The first-order valence-electron chi connectivity index (χ1n) is 5.08. The van der Waals surface area contributed by atoms with Crippen LogP contribution in [0.5, 0.6) is 0 Å². The standard InChI is InChI=1S/C10H8ClN7/c11-10-15-8(17-12)7-5-14-18(9(7)16-10)6-2-1-3-13-4-6/h1-5H,12H2,(H,15,16,17). The molecule has 7 nitrogen and oxygen atoms in total. The fourth-order valence-corrected chi connectivity index (χ4v) is 1.82. The van der Waals surface area contributed by atoms with E-state index >= 15 is 0 Å². The van der Waals surface area contributed by atoms with Crippen molar-refractivity contribution in [2.45, 2.75) is 0 Å². The Balaban J connectivity index is 2.30. The summed E-state index contributed by atoms with van der Waals surface area (Å²) in [4.78, 5) is 12.2. The van der Waals surface area contributed by atoms with Crippen LogP contribution in [0.25, 0.3) is 16.7 Å². The van der Waals surface area contributed by atoms with Gasteiger partial charge in [0.2, 0.25) is 5.28 Å². The van der Waals surface area contributed by atoms with Crippen LogP contribution in [-0.2, 0) is 0 Å². The van der Waals surface area contributed by atoms with Crippen molar-refractivity contribution in [1.82, 2.24) is 24.7 Å². The number of nitrogens with two attached hydrogens (primary N) is 1. The number of nitrogens with zero attached hydrogens (tertiary/aromatic N) is 5. The van der Waals surface area contributed by atoms with Crippen LogP contribution in [0.2, 0.25) is 5.28 Å². The Kier molecular flexibility index (Phi) is 2.54. The summed E-state index contributed by atoms with van der Waals surface area (Å²) >= 11 is 5.84. The molecular weight excluding hydrogens is 254 g/mol. The van der Waals surface area contributed by atoms with Gasteiger partial charge in [0.25, 0.3) is 0 Å². The first kappa shape index (κ1) is 10.9. The molecule has 3 aromatic heterocycles. The molecular formula is C10H8ClN7. The molecule has 18 heavy (non-hydrogen) atoms. The number of aromatic nitrogens is 5. The highest BCUT2D eigenvalue weighted by Gasteiger charge is 2.12. The van der Waals surface area contributed by atoms with Crippen LogP contribution in [-0.4, -0.2) is 24.7 Å². The van der Waals surface area contributed by atoms with Gasteiger partial charge in [-0.25, -0.2) is 10.5 Å². The van der Waals surface area contributed by atoms with Crippen LogP contribution in [0.15, 0.2) is 30.7 Å². The average molecular weight is 262 g/mol. The molecule has 3 N–H and O–H groups in total. The smallest absolute Gasteiger partial charge is 0.226 e. The molecule has 0 amide bonds. The lowest BCUT2D eigenvalue weighted by molar-refractivity contribution is 0.888. The number of pyridine rings is 1. The number of anilines is 1. The topological polar surface area (TPSA) is 94.5 Å². The summed E-state index contributed by atoms with van der Waals surface area (Å²) in [6.07, 6.45) is 4.98. The molecule has 3 heterocycles. The molecule has 0 aliphatic rings. The zero-order valence-electron chi connectivity index (χ0n) is 9.08. The number of nitrogens with one attached hydrogen (secondary N) is 1. The van der Waals surface area contributed by atoms with E-state index in [2.05, 4.69) is 25.5 Å². The lowest BCUT2D eigenvalue weighted by atomic mass is 10.4. The van der Waals surface area contributed by atoms with Gasteiger partial charge in [-0.1, -0.05) is 0 Å². The molecule has 90 valence electrons. The molecule has 0 atom stereocenters. The van der Waals surface area contributed by atoms with E-state index in [1.54, 1.807) is 23.3 Å². The summed E-state index contributed by atoms with van der Waals surface area (Å²) in [6, 6.07) is 3.68. The SMILES string of the molecule is NNc1nc(Cl)nc2c1cnn2-c1cccnc1. The van der Waals surface area contributed by atoms with Gasteiger partial charge in [-0.05, 0) is 23.7 Å². The predicted molar refractivity (Wildman–Crippen MR) is 67.3 cm³/mol. The lowest BCUT2D eigenvalue weighted by Gasteiger charge is -2.03. The van der Waals surface area contributed by atoms with E-state index in [4.69, 9.17) is 17.4 Å². The maximum atomic E-state index is 5.84. The molecule has 0 spiro atoms. The van der Waals surface area contributed by atoms with Crippen molar-refractivity contribution < 1.29 is 0 Å². The van der Waals surface area contributed by atoms with Crippen molar-refractivity contribution in [3.8, 4) is 5.69 Å². The third-order valence-corrected chi connectivity index (χ3v) is 2.60. The van der Waals surface area contributed by atoms with Crippen LogP contribution < -0.4 is 11.3 Å². The predicted octanol–water partition coefficient (Wildman–Crippen LogP) is 1.15. The molecule has 0 saturated carbocycles. The Morgan fingerprint density at radius 1 is 1.28 bits per heavy atom. The summed E-state index contributed by atoms with van der Waals surface area (Å²) in [5, 5.41) is 5.02. The van der Waals surface area contributed by atoms with Gasteiger partial charge in [0.05, 0.1) is 23.5 Å². The Bertz CT molecular complexity index is 694. The van der Waals surface area contributed by atoms with Crippen LogP contribution >= 0.6 is 11.6 Å². The van der Waals surface area contributed by atoms with Crippen LogP contribution in [0.1, 0.15) is 0 Å². The van der Waals surface area contributed by atoms with E-state index in [-0.39, 0.29) is 5.28 Å². The van der Waals surface area contributed by atoms with Crippen molar-refractivity contribution in [1.29, 1.82) is 0 Å². The zero-order chi connectivity index (χ0) is 12.5. The Hall–Kier alpha value is -2.25. The van der Waals surface area contributed by atoms with Crippen molar-refractivity contribution in [3.63, 3.8) is 0 Å². The maximum absolute atomic E-state index is 5.84. The van der Waals surface area contributed by atoms with E-state index < -0.39 is 0 Å². The molecule has 0 aliphatic heterocycles. The summed E-state index contributed by atoms with van der Waals surface area (Å²) < 4.78 is 1.62. The summed E-state index contributed by atoms with van der Waals surface area (Å²) in [6.45, 7) is 0. The fraction of sp³-hybridized carbons (Fsp3) is 0. The van der Waals surface area contributed by atoms with Gasteiger partial charge in [0.1, 0.15) is 0 Å². The van der Waals surface area contributed by atoms with Crippen LogP contribution in [0.3, 0.4) is 0 Å². The number of nitrogen functional groups attached to an aromatic ring is 1. The Morgan fingerprint density at radius 2 is 2.17 bits per heavy atom. The fourth-order valence-electron chi connectivity index (χ4n) is 1.66. The third-order valence-electron chi connectivity index (χ3n) is 2.43. The van der Waals surface area contributed by atoms with Gasteiger partial charge in [-0.2, -0.15) is 15.1 Å². The molecule has 8 heteroatoms. The number of rotatable bonds is 2. The van der Waals surface area contributed by atoms with Crippen LogP contribution in [0.4, 0.5) is 5.82 Å². The maximum Gasteiger partial charge on any atom is 0.226 e. The second kappa shape index (κ2) is 4.21. The van der Waals surface area contributed by atoms with E-state index in [9.17, 15) is 0 Å². The number of halogens is 1. The van der Waals surface area contributed by atoms with E-state index in [1.165, 1.54) is 0 Å². The van der Waals surface area contributed by atoms with Gasteiger partial charge in [-0.3, -0.25) is 4.98 Å². The minimum Gasteiger partial charge on any atom is -0.308 e. The van der Waals surface area contributed by atoms with Crippen molar-refractivity contribution in [2.75, 3.05) is 5.43 Å². The molecule has 0 saturated heterocycles. The highest BCUT2D eigenvalue weighted by molar-refractivity contribution is 6.28. The number of fused-ring (bicyclic) bond motifs is 1. The highest BCUT2D eigenvalue weighted by atomic mass is 35.5. The van der Waals surface area contributed by atoms with Crippen molar-refractivity contribution in [2.24, 2.45) is 5.84 Å². The second-order valence-electron chi connectivity index (χ2n) is 3.49. The van der Waals surface area contributed by atoms with Gasteiger partial charge in [-0.15, -0.1) is 0 Å². The van der Waals surface area contributed by atoms with Gasteiger partial charge < -0.3 is 5.43 Å². The number of hydrogen-bond acceptors (Lipinski definition) is 6. The van der Waals surface area contributed by atoms with Crippen molar-refractivity contribution in [3.05, 3.63) is 36.0 Å². The molecule has 0 aliphatic carbocycles. The quantitative estimate of drug-likeness (QED) is 0.408. The molecule has 0 fully saturated rings. The normalized spacial score (nSPS) is 10.8. The van der Waals surface area contributed by atoms with Gasteiger partial charge in [0.15, 0.2) is 11.5 Å². The molecule has 0 aromatic carbocycles.